The summed E-state index contributed by atoms with van der Waals surface area (Å²) in [4.78, 5) is 11.5. The second-order valence-electron chi connectivity index (χ2n) is 6.68. The number of benzene rings is 2. The molecule has 132 valence electrons. The number of fused-ring (bicyclic) bond motifs is 1. The number of hydrogen-bond acceptors (Lipinski definition) is 4. The minimum Gasteiger partial charge on any atom is -0.352 e. The number of rotatable bonds is 3. The molecule has 0 atom stereocenters. The van der Waals surface area contributed by atoms with Crippen molar-refractivity contribution >= 4 is 28.9 Å². The zero-order valence-corrected chi connectivity index (χ0v) is 15.7. The second-order valence-corrected chi connectivity index (χ2v) is 7.12. The molecule has 1 N–H and O–H groups in total. The van der Waals surface area contributed by atoms with Crippen LogP contribution < -0.4 is 10.2 Å². The Labute approximate surface area is 158 Å². The van der Waals surface area contributed by atoms with Crippen LogP contribution in [0, 0.1) is 13.8 Å². The summed E-state index contributed by atoms with van der Waals surface area (Å²) < 4.78 is 0. The molecule has 0 aliphatic carbocycles. The summed E-state index contributed by atoms with van der Waals surface area (Å²) in [6, 6.07) is 16.5. The third-order valence-corrected chi connectivity index (χ3v) is 4.97. The van der Waals surface area contributed by atoms with Gasteiger partial charge in [0, 0.05) is 29.9 Å². The van der Waals surface area contributed by atoms with E-state index in [4.69, 9.17) is 11.6 Å². The van der Waals surface area contributed by atoms with Gasteiger partial charge < -0.3 is 10.2 Å². The third-order valence-electron chi connectivity index (χ3n) is 4.73. The first-order valence-electron chi connectivity index (χ1n) is 8.79. The maximum Gasteiger partial charge on any atom is 0.136 e. The van der Waals surface area contributed by atoms with Gasteiger partial charge in [-0.1, -0.05) is 35.9 Å². The van der Waals surface area contributed by atoms with Crippen LogP contribution in [0.4, 0.5) is 17.3 Å². The van der Waals surface area contributed by atoms with E-state index in [-0.39, 0.29) is 0 Å². The molecule has 0 bridgehead atoms. The SMILES string of the molecule is Cc1nc(Nc2ccc(Cl)cc2C)cc(N2CCc3ccccc3C2)n1. The van der Waals surface area contributed by atoms with Crippen LogP contribution in [-0.4, -0.2) is 16.5 Å². The topological polar surface area (TPSA) is 41.1 Å². The van der Waals surface area contributed by atoms with Crippen molar-refractivity contribution in [1.29, 1.82) is 0 Å². The predicted octanol–water partition coefficient (Wildman–Crippen LogP) is 5.05. The fourth-order valence-electron chi connectivity index (χ4n) is 3.37. The second kappa shape index (κ2) is 6.96. The van der Waals surface area contributed by atoms with Crippen LogP contribution in [0.5, 0.6) is 0 Å². The normalized spacial score (nSPS) is 13.4. The largest absolute Gasteiger partial charge is 0.352 e. The predicted molar refractivity (Wildman–Crippen MR) is 107 cm³/mol. The van der Waals surface area contributed by atoms with Crippen molar-refractivity contribution in [3.8, 4) is 0 Å². The summed E-state index contributed by atoms with van der Waals surface area (Å²) in [5.41, 5.74) is 4.90. The van der Waals surface area contributed by atoms with E-state index in [1.807, 2.05) is 38.1 Å². The standard InChI is InChI=1S/C21H21ClN4/c1-14-11-18(22)7-8-19(14)25-20-12-21(24-15(2)23-20)26-10-9-16-5-3-4-6-17(16)13-26/h3-8,11-12H,9-10,13H2,1-2H3,(H,23,24,25). The van der Waals surface area contributed by atoms with E-state index in [0.29, 0.717) is 0 Å². The van der Waals surface area contributed by atoms with Crippen molar-refractivity contribution in [2.45, 2.75) is 26.8 Å². The molecule has 1 aromatic heterocycles. The lowest BCUT2D eigenvalue weighted by atomic mass is 10.00. The summed E-state index contributed by atoms with van der Waals surface area (Å²) in [5, 5.41) is 4.14. The fourth-order valence-corrected chi connectivity index (χ4v) is 3.60. The highest BCUT2D eigenvalue weighted by atomic mass is 35.5. The number of nitrogens with one attached hydrogen (secondary N) is 1. The van der Waals surface area contributed by atoms with Crippen LogP contribution >= 0.6 is 11.6 Å². The zero-order valence-electron chi connectivity index (χ0n) is 15.0. The summed E-state index contributed by atoms with van der Waals surface area (Å²) in [7, 11) is 0. The van der Waals surface area contributed by atoms with Gasteiger partial charge >= 0.3 is 0 Å². The van der Waals surface area contributed by atoms with Gasteiger partial charge in [0.05, 0.1) is 0 Å². The quantitative estimate of drug-likeness (QED) is 0.705. The Kier molecular flexibility index (Phi) is 4.51. The van der Waals surface area contributed by atoms with Crippen molar-refractivity contribution in [1.82, 2.24) is 9.97 Å². The fraction of sp³-hybridized carbons (Fsp3) is 0.238. The van der Waals surface area contributed by atoms with Crippen LogP contribution in [0.15, 0.2) is 48.5 Å². The molecular formula is C21H21ClN4. The third kappa shape index (κ3) is 3.51. The first-order chi connectivity index (χ1) is 12.6. The Morgan fingerprint density at radius 2 is 1.81 bits per heavy atom. The summed E-state index contributed by atoms with van der Waals surface area (Å²) >= 11 is 6.05. The monoisotopic (exact) mass is 364 g/mol. The number of hydrogen-bond donors (Lipinski definition) is 1. The highest BCUT2D eigenvalue weighted by Gasteiger charge is 2.18. The van der Waals surface area contributed by atoms with Crippen LogP contribution in [0.3, 0.4) is 0 Å². The lowest BCUT2D eigenvalue weighted by Crippen LogP contribution is -2.31. The highest BCUT2D eigenvalue weighted by molar-refractivity contribution is 6.30. The van der Waals surface area contributed by atoms with E-state index >= 15 is 0 Å². The summed E-state index contributed by atoms with van der Waals surface area (Å²) in [5.74, 6) is 2.52. The number of halogens is 1. The maximum absolute atomic E-state index is 6.05. The van der Waals surface area contributed by atoms with Gasteiger partial charge in [-0.05, 0) is 55.2 Å². The van der Waals surface area contributed by atoms with E-state index in [2.05, 4.69) is 44.5 Å². The molecule has 0 fully saturated rings. The van der Waals surface area contributed by atoms with Crippen molar-refractivity contribution in [2.75, 3.05) is 16.8 Å². The minimum absolute atomic E-state index is 0.736. The Morgan fingerprint density at radius 1 is 1.00 bits per heavy atom. The van der Waals surface area contributed by atoms with Gasteiger partial charge in [0.25, 0.3) is 0 Å². The molecule has 0 radical (unpaired) electrons. The maximum atomic E-state index is 6.05. The van der Waals surface area contributed by atoms with Gasteiger partial charge in [0.15, 0.2) is 0 Å². The van der Waals surface area contributed by atoms with Gasteiger partial charge in [-0.15, -0.1) is 0 Å². The molecule has 0 amide bonds. The van der Waals surface area contributed by atoms with Crippen molar-refractivity contribution < 1.29 is 0 Å². The van der Waals surface area contributed by atoms with E-state index in [1.54, 1.807) is 0 Å². The number of aryl methyl sites for hydroxylation is 2. The van der Waals surface area contributed by atoms with Gasteiger partial charge in [-0.2, -0.15) is 0 Å². The molecule has 4 rings (SSSR count). The number of aromatic nitrogens is 2. The van der Waals surface area contributed by atoms with Gasteiger partial charge in [-0.3, -0.25) is 0 Å². The lowest BCUT2D eigenvalue weighted by molar-refractivity contribution is 0.717. The molecule has 2 aromatic carbocycles. The molecule has 4 nitrogen and oxygen atoms in total. The molecule has 0 saturated carbocycles. The molecular weight excluding hydrogens is 344 g/mol. The lowest BCUT2D eigenvalue weighted by Gasteiger charge is -2.30. The van der Waals surface area contributed by atoms with Crippen LogP contribution in [0.1, 0.15) is 22.5 Å². The van der Waals surface area contributed by atoms with Gasteiger partial charge in [-0.25, -0.2) is 9.97 Å². The molecule has 1 aliphatic rings. The van der Waals surface area contributed by atoms with E-state index in [0.717, 1.165) is 53.2 Å². The van der Waals surface area contributed by atoms with Crippen molar-refractivity contribution in [2.24, 2.45) is 0 Å². The average Bonchev–Trinajstić information content (AvgIpc) is 2.63. The van der Waals surface area contributed by atoms with E-state index < -0.39 is 0 Å². The molecule has 5 heteroatoms. The molecule has 1 aliphatic heterocycles. The average molecular weight is 365 g/mol. The summed E-state index contributed by atoms with van der Waals surface area (Å²) in [6.07, 6.45) is 1.04. The first-order valence-corrected chi connectivity index (χ1v) is 9.17. The Hall–Kier alpha value is -2.59. The number of anilines is 3. The van der Waals surface area contributed by atoms with Crippen LogP contribution in [0.2, 0.25) is 5.02 Å². The molecule has 0 unspecified atom stereocenters. The Balaban J connectivity index is 1.61. The Bertz CT molecular complexity index is 954. The summed E-state index contributed by atoms with van der Waals surface area (Å²) in [6.45, 7) is 5.81. The molecule has 2 heterocycles. The molecule has 0 spiro atoms. The number of nitrogens with zero attached hydrogens (tertiary/aromatic N) is 3. The minimum atomic E-state index is 0.736. The van der Waals surface area contributed by atoms with E-state index in [9.17, 15) is 0 Å². The van der Waals surface area contributed by atoms with Crippen molar-refractivity contribution in [3.63, 3.8) is 0 Å². The van der Waals surface area contributed by atoms with Gasteiger partial charge in [0.2, 0.25) is 0 Å². The van der Waals surface area contributed by atoms with E-state index in [1.165, 1.54) is 11.1 Å². The van der Waals surface area contributed by atoms with Gasteiger partial charge in [0.1, 0.15) is 17.5 Å². The molecule has 3 aromatic rings. The smallest absolute Gasteiger partial charge is 0.136 e. The van der Waals surface area contributed by atoms with Crippen LogP contribution in [-0.2, 0) is 13.0 Å². The molecule has 26 heavy (non-hydrogen) atoms. The highest BCUT2D eigenvalue weighted by Crippen LogP contribution is 2.27. The first kappa shape index (κ1) is 16.9. The van der Waals surface area contributed by atoms with Crippen LogP contribution in [0.25, 0.3) is 0 Å². The van der Waals surface area contributed by atoms with Crippen molar-refractivity contribution in [3.05, 3.63) is 76.1 Å². The Morgan fingerprint density at radius 3 is 2.62 bits per heavy atom. The zero-order chi connectivity index (χ0) is 18.1. The molecule has 0 saturated heterocycles.